The molecule has 0 aliphatic rings. The van der Waals surface area contributed by atoms with Crippen LogP contribution in [0.25, 0.3) is 22.1 Å². The van der Waals surface area contributed by atoms with Crippen LogP contribution in [0, 0.1) is 0 Å². The van der Waals surface area contributed by atoms with Crippen molar-refractivity contribution in [2.75, 3.05) is 0 Å². The molecule has 0 fully saturated rings. The Bertz CT molecular complexity index is 898. The summed E-state index contributed by atoms with van der Waals surface area (Å²) in [6, 6.07) is 7.71. The van der Waals surface area contributed by atoms with Gasteiger partial charge in [0.05, 0.1) is 5.56 Å². The van der Waals surface area contributed by atoms with Crippen LogP contribution in [0.4, 0.5) is 8.78 Å². The van der Waals surface area contributed by atoms with Gasteiger partial charge in [-0.25, -0.2) is 8.78 Å². The third-order valence-electron chi connectivity index (χ3n) is 3.31. The number of rotatable bonds is 2. The first-order valence-corrected chi connectivity index (χ1v) is 6.33. The van der Waals surface area contributed by atoms with Gasteiger partial charge >= 0.3 is 0 Å². The molecule has 1 aromatic heterocycles. The highest BCUT2D eigenvalue weighted by Crippen LogP contribution is 2.31. The summed E-state index contributed by atoms with van der Waals surface area (Å²) in [6.45, 7) is 0. The molecular weight excluding hydrogens is 294 g/mol. The molecule has 3 rings (SSSR count). The van der Waals surface area contributed by atoms with Crippen molar-refractivity contribution in [3.8, 4) is 22.6 Å². The number of halogens is 2. The molecule has 0 radical (unpaired) electrons. The second-order valence-electron chi connectivity index (χ2n) is 4.74. The van der Waals surface area contributed by atoms with Crippen LogP contribution in [0.5, 0.6) is 11.5 Å². The predicted octanol–water partition coefficient (Wildman–Crippen LogP) is 3.81. The van der Waals surface area contributed by atoms with Gasteiger partial charge in [0.15, 0.2) is 0 Å². The van der Waals surface area contributed by atoms with Gasteiger partial charge in [-0.15, -0.1) is 0 Å². The lowest BCUT2D eigenvalue weighted by Crippen LogP contribution is -2.05. The zero-order valence-electron chi connectivity index (χ0n) is 11.1. The summed E-state index contributed by atoms with van der Waals surface area (Å²) in [5.41, 5.74) is -0.433. The Labute approximate surface area is 122 Å². The molecule has 0 aliphatic heterocycles. The average molecular weight is 304 g/mol. The molecule has 2 N–H and O–H groups in total. The van der Waals surface area contributed by atoms with E-state index in [9.17, 15) is 23.8 Å². The van der Waals surface area contributed by atoms with E-state index in [1.165, 1.54) is 24.3 Å². The minimum absolute atomic E-state index is 0.0401. The van der Waals surface area contributed by atoms with Crippen LogP contribution in [0.2, 0.25) is 0 Å². The number of fused-ring (bicyclic) bond motifs is 1. The maximum atomic E-state index is 12.7. The smallest absolute Gasteiger partial charge is 0.264 e. The number of phenolic OH excluding ortho intramolecular Hbond substituents is 2. The van der Waals surface area contributed by atoms with Crippen molar-refractivity contribution in [3.05, 3.63) is 58.4 Å². The molecule has 2 aromatic carbocycles. The highest BCUT2D eigenvalue weighted by molar-refractivity contribution is 5.87. The molecular formula is C16H10F2O4. The maximum Gasteiger partial charge on any atom is 0.264 e. The molecule has 6 heteroatoms. The SMILES string of the molecule is O=c1c(-c2ccc(O)cc2)coc2cc(C(F)F)cc(O)c12. The summed E-state index contributed by atoms with van der Waals surface area (Å²) >= 11 is 0. The normalized spacial score (nSPS) is 11.2. The van der Waals surface area contributed by atoms with Gasteiger partial charge in [-0.1, -0.05) is 12.1 Å². The third kappa shape index (κ3) is 2.28. The topological polar surface area (TPSA) is 70.7 Å². The van der Waals surface area contributed by atoms with Crippen LogP contribution in [0.1, 0.15) is 12.0 Å². The van der Waals surface area contributed by atoms with Gasteiger partial charge in [-0.05, 0) is 29.8 Å². The van der Waals surface area contributed by atoms with E-state index in [2.05, 4.69) is 0 Å². The van der Waals surface area contributed by atoms with Crippen molar-refractivity contribution in [1.29, 1.82) is 0 Å². The number of alkyl halides is 2. The van der Waals surface area contributed by atoms with Gasteiger partial charge in [0.2, 0.25) is 5.43 Å². The second kappa shape index (κ2) is 5.14. The lowest BCUT2D eigenvalue weighted by atomic mass is 10.0. The molecule has 0 spiro atoms. The van der Waals surface area contributed by atoms with Crippen LogP contribution >= 0.6 is 0 Å². The van der Waals surface area contributed by atoms with E-state index in [-0.39, 0.29) is 22.3 Å². The van der Waals surface area contributed by atoms with Gasteiger partial charge in [-0.2, -0.15) is 0 Å². The van der Waals surface area contributed by atoms with Gasteiger partial charge < -0.3 is 14.6 Å². The lowest BCUT2D eigenvalue weighted by Gasteiger charge is -2.07. The van der Waals surface area contributed by atoms with Crippen LogP contribution < -0.4 is 5.43 Å². The van der Waals surface area contributed by atoms with Crippen LogP contribution in [-0.4, -0.2) is 10.2 Å². The van der Waals surface area contributed by atoms with E-state index in [0.717, 1.165) is 18.4 Å². The summed E-state index contributed by atoms with van der Waals surface area (Å²) in [5, 5.41) is 19.0. The monoisotopic (exact) mass is 304 g/mol. The third-order valence-corrected chi connectivity index (χ3v) is 3.31. The number of benzene rings is 2. The first-order chi connectivity index (χ1) is 10.5. The molecule has 0 saturated heterocycles. The summed E-state index contributed by atoms with van der Waals surface area (Å²) < 4.78 is 30.6. The van der Waals surface area contributed by atoms with Crippen LogP contribution in [0.3, 0.4) is 0 Å². The molecule has 4 nitrogen and oxygen atoms in total. The van der Waals surface area contributed by atoms with Crippen LogP contribution in [0.15, 0.2) is 51.9 Å². The van der Waals surface area contributed by atoms with E-state index in [0.29, 0.717) is 5.56 Å². The molecule has 22 heavy (non-hydrogen) atoms. The minimum atomic E-state index is -2.78. The Morgan fingerprint density at radius 3 is 2.36 bits per heavy atom. The average Bonchev–Trinajstić information content (AvgIpc) is 2.48. The summed E-state index contributed by atoms with van der Waals surface area (Å²) in [4.78, 5) is 12.4. The van der Waals surface area contributed by atoms with Gasteiger partial charge in [0, 0.05) is 5.56 Å². The molecule has 0 bridgehead atoms. The zero-order valence-corrected chi connectivity index (χ0v) is 11.1. The molecule has 1 heterocycles. The quantitative estimate of drug-likeness (QED) is 0.755. The number of phenols is 2. The summed E-state index contributed by atoms with van der Waals surface area (Å²) in [5.74, 6) is -0.513. The van der Waals surface area contributed by atoms with Crippen molar-refractivity contribution in [2.24, 2.45) is 0 Å². The standard InChI is InChI=1S/C16H10F2O4/c17-16(18)9-5-12(20)14-13(6-9)22-7-11(15(14)21)8-1-3-10(19)4-2-8/h1-7,16,19-20H. The Hall–Kier alpha value is -2.89. The van der Waals surface area contributed by atoms with Crippen molar-refractivity contribution in [2.45, 2.75) is 6.43 Å². The lowest BCUT2D eigenvalue weighted by molar-refractivity contribution is 0.151. The molecule has 112 valence electrons. The Kier molecular flexibility index (Phi) is 3.29. The highest BCUT2D eigenvalue weighted by Gasteiger charge is 2.17. The number of aromatic hydroxyl groups is 2. The van der Waals surface area contributed by atoms with E-state index < -0.39 is 23.2 Å². The predicted molar refractivity (Wildman–Crippen MR) is 76.2 cm³/mol. The first kappa shape index (κ1) is 14.1. The molecule has 0 unspecified atom stereocenters. The van der Waals surface area contributed by atoms with Crippen molar-refractivity contribution >= 4 is 11.0 Å². The van der Waals surface area contributed by atoms with E-state index in [1.54, 1.807) is 0 Å². The Balaban J connectivity index is 2.26. The zero-order chi connectivity index (χ0) is 15.9. The van der Waals surface area contributed by atoms with E-state index >= 15 is 0 Å². The highest BCUT2D eigenvalue weighted by atomic mass is 19.3. The fraction of sp³-hybridized carbons (Fsp3) is 0.0625. The second-order valence-corrected chi connectivity index (χ2v) is 4.74. The molecule has 0 saturated carbocycles. The molecule has 0 aliphatic carbocycles. The largest absolute Gasteiger partial charge is 0.508 e. The van der Waals surface area contributed by atoms with Crippen molar-refractivity contribution in [1.82, 2.24) is 0 Å². The fourth-order valence-electron chi connectivity index (χ4n) is 2.22. The summed E-state index contributed by atoms with van der Waals surface area (Å²) in [7, 11) is 0. The van der Waals surface area contributed by atoms with Crippen LogP contribution in [-0.2, 0) is 0 Å². The molecule has 0 atom stereocenters. The Morgan fingerprint density at radius 2 is 1.73 bits per heavy atom. The maximum absolute atomic E-state index is 12.7. The van der Waals surface area contributed by atoms with Crippen molar-refractivity contribution < 1.29 is 23.4 Å². The van der Waals surface area contributed by atoms with Gasteiger partial charge in [0.1, 0.15) is 28.7 Å². The molecule has 3 aromatic rings. The van der Waals surface area contributed by atoms with E-state index in [4.69, 9.17) is 4.42 Å². The fourth-order valence-corrected chi connectivity index (χ4v) is 2.22. The minimum Gasteiger partial charge on any atom is -0.508 e. The number of hydrogen-bond acceptors (Lipinski definition) is 4. The van der Waals surface area contributed by atoms with Gasteiger partial charge in [-0.3, -0.25) is 4.79 Å². The summed E-state index contributed by atoms with van der Waals surface area (Å²) in [6.07, 6.45) is -1.64. The number of hydrogen-bond donors (Lipinski definition) is 2. The van der Waals surface area contributed by atoms with Gasteiger partial charge in [0.25, 0.3) is 6.43 Å². The Morgan fingerprint density at radius 1 is 1.05 bits per heavy atom. The first-order valence-electron chi connectivity index (χ1n) is 6.33. The van der Waals surface area contributed by atoms with E-state index in [1.807, 2.05) is 0 Å². The molecule has 0 amide bonds. The van der Waals surface area contributed by atoms with Crippen molar-refractivity contribution in [3.63, 3.8) is 0 Å².